The third-order valence-corrected chi connectivity index (χ3v) is 3.44. The maximum atomic E-state index is 2.36. The van der Waals surface area contributed by atoms with Crippen LogP contribution in [0.3, 0.4) is 0 Å². The van der Waals surface area contributed by atoms with Crippen LogP contribution in [0.25, 0.3) is 0 Å². The van der Waals surface area contributed by atoms with E-state index in [2.05, 4.69) is 27.7 Å². The predicted octanol–water partition coefficient (Wildman–Crippen LogP) is 5.81. The molecule has 0 amide bonds. The first-order valence-electron chi connectivity index (χ1n) is 7.20. The van der Waals surface area contributed by atoms with Gasteiger partial charge in [0.05, 0.1) is 0 Å². The van der Waals surface area contributed by atoms with Gasteiger partial charge in [-0.05, 0) is 11.8 Å². The standard InChI is InChI=1S/C15H32/c1-5-7-12-15(6-2)13-10-8-9-11-14(3)4/h14-15H,5-13H2,1-4H3. The minimum Gasteiger partial charge on any atom is -0.0654 e. The molecule has 0 fully saturated rings. The molecule has 0 aromatic rings. The molecule has 1 unspecified atom stereocenters. The summed E-state index contributed by atoms with van der Waals surface area (Å²) in [6.45, 7) is 9.32. The van der Waals surface area contributed by atoms with Gasteiger partial charge in [-0.3, -0.25) is 0 Å². The number of hydrogen-bond acceptors (Lipinski definition) is 0. The molecule has 92 valence electrons. The second-order valence-corrected chi connectivity index (χ2v) is 5.45. The molecular formula is C15H32. The smallest absolute Gasteiger partial charge is 0.0417 e. The highest BCUT2D eigenvalue weighted by Crippen LogP contribution is 2.20. The summed E-state index contributed by atoms with van der Waals surface area (Å²) in [6.07, 6.45) is 12.9. The quantitative estimate of drug-likeness (QED) is 0.401. The molecule has 0 radical (unpaired) electrons. The van der Waals surface area contributed by atoms with E-state index in [1.54, 1.807) is 0 Å². The lowest BCUT2D eigenvalue weighted by Crippen LogP contribution is -1.99. The monoisotopic (exact) mass is 212 g/mol. The van der Waals surface area contributed by atoms with Crippen LogP contribution in [0.1, 0.15) is 85.5 Å². The first-order chi connectivity index (χ1) is 7.20. The van der Waals surface area contributed by atoms with Crippen LogP contribution >= 0.6 is 0 Å². The molecule has 0 heteroatoms. The summed E-state index contributed by atoms with van der Waals surface area (Å²) in [5.41, 5.74) is 0. The highest BCUT2D eigenvalue weighted by Gasteiger charge is 2.05. The van der Waals surface area contributed by atoms with Crippen LogP contribution in [0, 0.1) is 11.8 Å². The van der Waals surface area contributed by atoms with E-state index in [1.807, 2.05) is 0 Å². The van der Waals surface area contributed by atoms with E-state index in [-0.39, 0.29) is 0 Å². The van der Waals surface area contributed by atoms with Gasteiger partial charge in [0.15, 0.2) is 0 Å². The topological polar surface area (TPSA) is 0 Å². The minimum atomic E-state index is 0.895. The number of unbranched alkanes of at least 4 members (excludes halogenated alkanes) is 3. The lowest BCUT2D eigenvalue weighted by Gasteiger charge is -2.14. The van der Waals surface area contributed by atoms with E-state index in [9.17, 15) is 0 Å². The van der Waals surface area contributed by atoms with Gasteiger partial charge in [0.25, 0.3) is 0 Å². The zero-order valence-electron chi connectivity index (χ0n) is 11.5. The zero-order chi connectivity index (χ0) is 11.5. The Morgan fingerprint density at radius 1 is 0.733 bits per heavy atom. The molecule has 0 saturated carbocycles. The Balaban J connectivity index is 3.30. The molecule has 0 spiro atoms. The maximum absolute atomic E-state index is 2.36. The Kier molecular flexibility index (Phi) is 10.5. The summed E-state index contributed by atoms with van der Waals surface area (Å²) in [4.78, 5) is 0. The summed E-state index contributed by atoms with van der Waals surface area (Å²) in [5.74, 6) is 1.91. The lowest BCUT2D eigenvalue weighted by molar-refractivity contribution is 0.396. The predicted molar refractivity (Wildman–Crippen MR) is 71.2 cm³/mol. The summed E-state index contributed by atoms with van der Waals surface area (Å²) < 4.78 is 0. The molecule has 0 aliphatic carbocycles. The van der Waals surface area contributed by atoms with Gasteiger partial charge < -0.3 is 0 Å². The lowest BCUT2D eigenvalue weighted by atomic mass is 9.92. The fraction of sp³-hybridized carbons (Fsp3) is 1.00. The van der Waals surface area contributed by atoms with Crippen molar-refractivity contribution in [2.75, 3.05) is 0 Å². The normalized spacial score (nSPS) is 13.4. The van der Waals surface area contributed by atoms with Crippen LogP contribution in [0.4, 0.5) is 0 Å². The Labute approximate surface area is 97.8 Å². The average Bonchev–Trinajstić information content (AvgIpc) is 2.21. The van der Waals surface area contributed by atoms with Crippen molar-refractivity contribution >= 4 is 0 Å². The van der Waals surface area contributed by atoms with Crippen LogP contribution in [0.15, 0.2) is 0 Å². The van der Waals surface area contributed by atoms with E-state index in [4.69, 9.17) is 0 Å². The molecular weight excluding hydrogens is 180 g/mol. The van der Waals surface area contributed by atoms with Gasteiger partial charge in [-0.25, -0.2) is 0 Å². The van der Waals surface area contributed by atoms with Gasteiger partial charge in [0.1, 0.15) is 0 Å². The fourth-order valence-corrected chi connectivity index (χ4v) is 2.21. The largest absolute Gasteiger partial charge is 0.0654 e. The van der Waals surface area contributed by atoms with Crippen molar-refractivity contribution in [3.63, 3.8) is 0 Å². The summed E-state index contributed by atoms with van der Waals surface area (Å²) >= 11 is 0. The minimum absolute atomic E-state index is 0.895. The molecule has 0 bridgehead atoms. The highest BCUT2D eigenvalue weighted by molar-refractivity contribution is 4.58. The van der Waals surface area contributed by atoms with Crippen LogP contribution in [-0.2, 0) is 0 Å². The van der Waals surface area contributed by atoms with Crippen molar-refractivity contribution in [3.8, 4) is 0 Å². The SMILES string of the molecule is CCCCC(CC)CCCCCC(C)C. The van der Waals surface area contributed by atoms with Crippen molar-refractivity contribution in [3.05, 3.63) is 0 Å². The van der Waals surface area contributed by atoms with Crippen molar-refractivity contribution in [1.29, 1.82) is 0 Å². The summed E-state index contributed by atoms with van der Waals surface area (Å²) in [7, 11) is 0. The molecule has 0 aliphatic heterocycles. The second kappa shape index (κ2) is 10.5. The molecule has 0 saturated heterocycles. The van der Waals surface area contributed by atoms with Gasteiger partial charge in [0, 0.05) is 0 Å². The van der Waals surface area contributed by atoms with E-state index in [1.165, 1.54) is 57.8 Å². The van der Waals surface area contributed by atoms with Crippen LogP contribution in [-0.4, -0.2) is 0 Å². The second-order valence-electron chi connectivity index (χ2n) is 5.45. The number of hydrogen-bond donors (Lipinski definition) is 0. The molecule has 0 rings (SSSR count). The Morgan fingerprint density at radius 3 is 1.87 bits per heavy atom. The third kappa shape index (κ3) is 10.3. The van der Waals surface area contributed by atoms with Crippen molar-refractivity contribution in [1.82, 2.24) is 0 Å². The van der Waals surface area contributed by atoms with Crippen LogP contribution in [0.2, 0.25) is 0 Å². The van der Waals surface area contributed by atoms with Gasteiger partial charge >= 0.3 is 0 Å². The average molecular weight is 212 g/mol. The van der Waals surface area contributed by atoms with Crippen molar-refractivity contribution in [2.24, 2.45) is 11.8 Å². The maximum Gasteiger partial charge on any atom is -0.0417 e. The van der Waals surface area contributed by atoms with E-state index >= 15 is 0 Å². The molecule has 0 aromatic carbocycles. The van der Waals surface area contributed by atoms with E-state index in [0.29, 0.717) is 0 Å². The molecule has 0 aromatic heterocycles. The first kappa shape index (κ1) is 15.0. The summed E-state index contributed by atoms with van der Waals surface area (Å²) in [6, 6.07) is 0. The number of rotatable bonds is 10. The molecule has 15 heavy (non-hydrogen) atoms. The van der Waals surface area contributed by atoms with Gasteiger partial charge in [-0.1, -0.05) is 85.5 Å². The highest BCUT2D eigenvalue weighted by atomic mass is 14.1. The van der Waals surface area contributed by atoms with E-state index in [0.717, 1.165) is 11.8 Å². The van der Waals surface area contributed by atoms with E-state index < -0.39 is 0 Å². The fourth-order valence-electron chi connectivity index (χ4n) is 2.21. The van der Waals surface area contributed by atoms with Crippen molar-refractivity contribution in [2.45, 2.75) is 85.5 Å². The first-order valence-corrected chi connectivity index (χ1v) is 7.20. The summed E-state index contributed by atoms with van der Waals surface area (Å²) in [5, 5.41) is 0. The molecule has 0 heterocycles. The molecule has 0 aliphatic rings. The Bertz CT molecular complexity index is 115. The molecule has 1 atom stereocenters. The Morgan fingerprint density at radius 2 is 1.33 bits per heavy atom. The van der Waals surface area contributed by atoms with Crippen LogP contribution < -0.4 is 0 Å². The van der Waals surface area contributed by atoms with Gasteiger partial charge in [-0.15, -0.1) is 0 Å². The Hall–Kier alpha value is 0. The van der Waals surface area contributed by atoms with Crippen molar-refractivity contribution < 1.29 is 0 Å². The van der Waals surface area contributed by atoms with Gasteiger partial charge in [0.2, 0.25) is 0 Å². The zero-order valence-corrected chi connectivity index (χ0v) is 11.5. The third-order valence-electron chi connectivity index (χ3n) is 3.44. The van der Waals surface area contributed by atoms with Gasteiger partial charge in [-0.2, -0.15) is 0 Å². The molecule has 0 N–H and O–H groups in total. The van der Waals surface area contributed by atoms with Crippen LogP contribution in [0.5, 0.6) is 0 Å². The molecule has 0 nitrogen and oxygen atoms in total.